The number of nitrogens with zero attached hydrogens (tertiary/aromatic N) is 1. The number of halogens is 2. The van der Waals surface area contributed by atoms with Gasteiger partial charge in [0.15, 0.2) is 0 Å². The maximum absolute atomic E-state index is 12.9. The minimum absolute atomic E-state index is 0.000500. The molecule has 0 saturated heterocycles. The number of sulfonamides is 2. The van der Waals surface area contributed by atoms with Crippen LogP contribution in [-0.2, 0) is 20.0 Å². The lowest BCUT2D eigenvalue weighted by molar-refractivity contribution is 0.521. The maximum Gasteiger partial charge on any atom is 0.263 e. The Kier molecular flexibility index (Phi) is 7.80. The smallest absolute Gasteiger partial charge is 0.263 e. The molecule has 0 aliphatic heterocycles. The normalized spacial score (nSPS) is 12.2. The molecular formula is C18H23Cl2N3O4S2. The molecule has 2 N–H and O–H groups in total. The molecule has 2 aromatic rings. The van der Waals surface area contributed by atoms with Crippen molar-refractivity contribution in [3.8, 4) is 0 Å². The monoisotopic (exact) mass is 479 g/mol. The molecule has 160 valence electrons. The quantitative estimate of drug-likeness (QED) is 0.523. The van der Waals surface area contributed by atoms with E-state index in [4.69, 9.17) is 23.2 Å². The summed E-state index contributed by atoms with van der Waals surface area (Å²) in [6.07, 6.45) is 1.81. The molecule has 2 rings (SSSR count). The summed E-state index contributed by atoms with van der Waals surface area (Å²) in [7, 11) is -5.07. The lowest BCUT2D eigenvalue weighted by atomic mass is 10.2. The molecule has 7 nitrogen and oxygen atoms in total. The van der Waals surface area contributed by atoms with Gasteiger partial charge in [-0.2, -0.15) is 0 Å². The zero-order chi connectivity index (χ0) is 21.8. The van der Waals surface area contributed by atoms with E-state index in [1.54, 1.807) is 0 Å². The average molecular weight is 480 g/mol. The molecular weight excluding hydrogens is 457 g/mol. The first kappa shape index (κ1) is 23.8. The van der Waals surface area contributed by atoms with Gasteiger partial charge in [0.25, 0.3) is 10.0 Å². The minimum atomic E-state index is -4.12. The minimum Gasteiger partial charge on any atom is -0.383 e. The van der Waals surface area contributed by atoms with Crippen LogP contribution >= 0.6 is 23.2 Å². The molecule has 0 aromatic heterocycles. The van der Waals surface area contributed by atoms with Crippen molar-refractivity contribution in [3.05, 3.63) is 46.4 Å². The summed E-state index contributed by atoms with van der Waals surface area (Å²) < 4.78 is 54.3. The van der Waals surface area contributed by atoms with Crippen LogP contribution in [0.4, 0.5) is 11.4 Å². The summed E-state index contributed by atoms with van der Waals surface area (Å²) in [4.78, 5) is -0.245. The Morgan fingerprint density at radius 1 is 0.966 bits per heavy atom. The fourth-order valence-electron chi connectivity index (χ4n) is 2.42. The second-order valence-corrected chi connectivity index (χ2v) is 11.1. The molecule has 0 heterocycles. The fourth-order valence-corrected chi connectivity index (χ4v) is 5.18. The van der Waals surface area contributed by atoms with Gasteiger partial charge in [-0.25, -0.2) is 21.1 Å². The first-order valence-electron chi connectivity index (χ1n) is 8.77. The number of anilines is 2. The Bertz CT molecular complexity index is 1090. The number of nitrogens with one attached hydrogen (secondary N) is 2. The van der Waals surface area contributed by atoms with Crippen LogP contribution in [-0.4, -0.2) is 41.8 Å². The molecule has 2 aromatic carbocycles. The van der Waals surface area contributed by atoms with Crippen molar-refractivity contribution < 1.29 is 16.8 Å². The highest BCUT2D eigenvalue weighted by molar-refractivity contribution is 7.93. The van der Waals surface area contributed by atoms with Gasteiger partial charge >= 0.3 is 0 Å². The number of hydrogen-bond acceptors (Lipinski definition) is 5. The molecule has 0 amide bonds. The number of unbranched alkanes of at least 4 members (excludes halogenated alkanes) is 1. The van der Waals surface area contributed by atoms with E-state index < -0.39 is 20.0 Å². The summed E-state index contributed by atoms with van der Waals surface area (Å²) >= 11 is 12.0. The molecule has 0 radical (unpaired) electrons. The third-order valence-corrected chi connectivity index (χ3v) is 7.94. The molecule has 0 atom stereocenters. The highest BCUT2D eigenvalue weighted by atomic mass is 35.5. The van der Waals surface area contributed by atoms with Crippen LogP contribution in [0.3, 0.4) is 0 Å². The highest BCUT2D eigenvalue weighted by Crippen LogP contribution is 2.31. The van der Waals surface area contributed by atoms with Gasteiger partial charge in [-0.05, 0) is 42.8 Å². The van der Waals surface area contributed by atoms with E-state index in [0.717, 1.165) is 17.1 Å². The fraction of sp³-hybridized carbons (Fsp3) is 0.333. The van der Waals surface area contributed by atoms with Crippen molar-refractivity contribution in [1.82, 2.24) is 4.31 Å². The zero-order valence-electron chi connectivity index (χ0n) is 16.2. The lowest BCUT2D eigenvalue weighted by Crippen LogP contribution is -2.23. The Balaban J connectivity index is 2.53. The Morgan fingerprint density at radius 2 is 1.66 bits per heavy atom. The number of hydrogen-bond donors (Lipinski definition) is 2. The van der Waals surface area contributed by atoms with E-state index in [2.05, 4.69) is 10.0 Å². The Morgan fingerprint density at radius 3 is 2.28 bits per heavy atom. The molecule has 11 heteroatoms. The molecule has 0 aliphatic carbocycles. The Labute approximate surface area is 182 Å². The van der Waals surface area contributed by atoms with E-state index in [1.165, 1.54) is 50.5 Å². The van der Waals surface area contributed by atoms with Crippen molar-refractivity contribution in [2.45, 2.75) is 29.6 Å². The van der Waals surface area contributed by atoms with Crippen molar-refractivity contribution in [3.63, 3.8) is 0 Å². The van der Waals surface area contributed by atoms with Crippen LogP contribution in [0.1, 0.15) is 19.8 Å². The molecule has 0 aliphatic rings. The zero-order valence-corrected chi connectivity index (χ0v) is 19.4. The standard InChI is InChI=1S/C18H23Cl2N3O4S2/c1-4-5-10-21-16-9-7-14(29(26,27)23(2)3)12-17(16)22-28(24,25)18-11-13(19)6-8-15(18)20/h6-9,11-12,21-22H,4-5,10H2,1-3H3. The molecule has 0 saturated carbocycles. The topological polar surface area (TPSA) is 95.6 Å². The van der Waals surface area contributed by atoms with Gasteiger partial charge in [0, 0.05) is 25.7 Å². The predicted octanol–water partition coefficient (Wildman–Crippen LogP) is 4.26. The molecule has 0 fully saturated rings. The van der Waals surface area contributed by atoms with Gasteiger partial charge < -0.3 is 5.32 Å². The van der Waals surface area contributed by atoms with Gasteiger partial charge in [-0.3, -0.25) is 4.72 Å². The summed E-state index contributed by atoms with van der Waals surface area (Å²) in [5.41, 5.74) is 0.554. The van der Waals surface area contributed by atoms with Crippen LogP contribution in [0.15, 0.2) is 46.2 Å². The summed E-state index contributed by atoms with van der Waals surface area (Å²) in [5, 5.41) is 3.34. The maximum atomic E-state index is 12.9. The van der Waals surface area contributed by atoms with E-state index >= 15 is 0 Å². The van der Waals surface area contributed by atoms with Crippen molar-refractivity contribution in [2.75, 3.05) is 30.7 Å². The highest BCUT2D eigenvalue weighted by Gasteiger charge is 2.23. The van der Waals surface area contributed by atoms with E-state index in [1.807, 2.05) is 6.92 Å². The molecule has 0 bridgehead atoms. The van der Waals surface area contributed by atoms with Crippen LogP contribution in [0.25, 0.3) is 0 Å². The third-order valence-electron chi connectivity index (χ3n) is 4.04. The van der Waals surface area contributed by atoms with Crippen molar-refractivity contribution in [1.29, 1.82) is 0 Å². The second kappa shape index (κ2) is 9.53. The third kappa shape index (κ3) is 5.76. The average Bonchev–Trinajstić information content (AvgIpc) is 2.64. The largest absolute Gasteiger partial charge is 0.383 e. The summed E-state index contributed by atoms with van der Waals surface area (Å²) in [6.45, 7) is 2.63. The van der Waals surface area contributed by atoms with Gasteiger partial charge in [0.2, 0.25) is 10.0 Å². The van der Waals surface area contributed by atoms with Crippen LogP contribution in [0, 0.1) is 0 Å². The van der Waals surface area contributed by atoms with E-state index in [-0.39, 0.29) is 25.5 Å². The number of rotatable bonds is 9. The van der Waals surface area contributed by atoms with E-state index in [0.29, 0.717) is 12.2 Å². The van der Waals surface area contributed by atoms with Crippen molar-refractivity contribution >= 4 is 54.6 Å². The van der Waals surface area contributed by atoms with Gasteiger partial charge in [-0.15, -0.1) is 0 Å². The Hall–Kier alpha value is -1.52. The van der Waals surface area contributed by atoms with Crippen LogP contribution in [0.5, 0.6) is 0 Å². The molecule has 0 unspecified atom stereocenters. The first-order chi connectivity index (χ1) is 13.5. The van der Waals surface area contributed by atoms with Crippen LogP contribution in [0.2, 0.25) is 10.0 Å². The first-order valence-corrected chi connectivity index (χ1v) is 12.4. The van der Waals surface area contributed by atoms with Gasteiger partial charge in [0.1, 0.15) is 4.90 Å². The SMILES string of the molecule is CCCCNc1ccc(S(=O)(=O)N(C)C)cc1NS(=O)(=O)c1cc(Cl)ccc1Cl. The van der Waals surface area contributed by atoms with Gasteiger partial charge in [0.05, 0.1) is 21.3 Å². The number of benzene rings is 2. The molecule has 0 spiro atoms. The molecule has 29 heavy (non-hydrogen) atoms. The van der Waals surface area contributed by atoms with Crippen LogP contribution < -0.4 is 10.0 Å². The second-order valence-electron chi connectivity index (χ2n) is 6.46. The lowest BCUT2D eigenvalue weighted by Gasteiger charge is -2.18. The predicted molar refractivity (Wildman–Crippen MR) is 118 cm³/mol. The summed E-state index contributed by atoms with van der Waals surface area (Å²) in [6, 6.07) is 8.32. The summed E-state index contributed by atoms with van der Waals surface area (Å²) in [5.74, 6) is 0. The van der Waals surface area contributed by atoms with Gasteiger partial charge in [-0.1, -0.05) is 36.5 Å². The van der Waals surface area contributed by atoms with Crippen molar-refractivity contribution in [2.24, 2.45) is 0 Å². The van der Waals surface area contributed by atoms with E-state index in [9.17, 15) is 16.8 Å².